The van der Waals surface area contributed by atoms with Crippen LogP contribution in [0.3, 0.4) is 0 Å². The Morgan fingerprint density at radius 2 is 2.31 bits per heavy atom. The van der Waals surface area contributed by atoms with E-state index >= 15 is 0 Å². The molecule has 1 fully saturated rings. The van der Waals surface area contributed by atoms with Crippen molar-refractivity contribution in [2.45, 2.75) is 19.4 Å². The van der Waals surface area contributed by atoms with Gasteiger partial charge in [-0.25, -0.2) is 0 Å². The molecule has 3 N–H and O–H groups in total. The van der Waals surface area contributed by atoms with Gasteiger partial charge in [-0.15, -0.1) is 24.8 Å². The summed E-state index contributed by atoms with van der Waals surface area (Å²) in [5.41, 5.74) is 6.72. The molecule has 1 unspecified atom stereocenters. The van der Waals surface area contributed by atoms with Gasteiger partial charge in [-0.05, 0) is 6.92 Å². The molecule has 0 aliphatic carbocycles. The Hall–Kier alpha value is -0.0300. The lowest BCUT2D eigenvalue weighted by molar-refractivity contribution is 0.156. The maximum Gasteiger partial charge on any atom is 0.114 e. The van der Waals surface area contributed by atoms with Gasteiger partial charge in [0.15, 0.2) is 0 Å². The zero-order valence-corrected chi connectivity index (χ0v) is 9.29. The summed E-state index contributed by atoms with van der Waals surface area (Å²) in [6.45, 7) is 4.30. The molecule has 0 bridgehead atoms. The Bertz CT molecular complexity index is 155. The molecule has 0 radical (unpaired) electrons. The lowest BCUT2D eigenvalue weighted by Crippen LogP contribution is -2.46. The van der Waals surface area contributed by atoms with Crippen molar-refractivity contribution < 1.29 is 4.84 Å². The zero-order valence-electron chi connectivity index (χ0n) is 7.66. The van der Waals surface area contributed by atoms with Crippen molar-refractivity contribution >= 4 is 30.5 Å². The van der Waals surface area contributed by atoms with E-state index in [1.165, 1.54) is 0 Å². The highest BCUT2D eigenvalue weighted by molar-refractivity contribution is 5.90. The molecule has 1 aliphatic rings. The first kappa shape index (κ1) is 15.4. The third-order valence-electron chi connectivity index (χ3n) is 1.66. The largest absolute Gasteiger partial charge is 0.396 e. The molecule has 1 rings (SSSR count). The number of nitrogens with zero attached hydrogens (tertiary/aromatic N) is 1. The van der Waals surface area contributed by atoms with Crippen LogP contribution in [0.5, 0.6) is 0 Å². The third kappa shape index (κ3) is 5.31. The van der Waals surface area contributed by atoms with Gasteiger partial charge in [0.1, 0.15) is 6.61 Å². The first-order chi connectivity index (χ1) is 5.34. The molecule has 80 valence electrons. The van der Waals surface area contributed by atoms with E-state index in [0.29, 0.717) is 6.61 Å². The van der Waals surface area contributed by atoms with E-state index < -0.39 is 0 Å². The number of nitrogens with two attached hydrogens (primary N) is 1. The van der Waals surface area contributed by atoms with Crippen LogP contribution in [0.1, 0.15) is 13.3 Å². The van der Waals surface area contributed by atoms with Crippen molar-refractivity contribution in [1.82, 2.24) is 5.32 Å². The summed E-state index contributed by atoms with van der Waals surface area (Å²) >= 11 is 0. The van der Waals surface area contributed by atoms with E-state index in [0.717, 1.165) is 25.2 Å². The van der Waals surface area contributed by atoms with Crippen LogP contribution in [0.25, 0.3) is 0 Å². The molecule has 0 aromatic heterocycles. The minimum Gasteiger partial charge on any atom is -0.396 e. The van der Waals surface area contributed by atoms with E-state index in [4.69, 9.17) is 10.6 Å². The fourth-order valence-electron chi connectivity index (χ4n) is 1.04. The molecule has 1 aliphatic heterocycles. The van der Waals surface area contributed by atoms with Crippen LogP contribution in [-0.4, -0.2) is 31.4 Å². The average molecular weight is 230 g/mol. The van der Waals surface area contributed by atoms with Gasteiger partial charge in [0.05, 0.1) is 11.8 Å². The summed E-state index contributed by atoms with van der Waals surface area (Å²) in [5.74, 6) is 0. The summed E-state index contributed by atoms with van der Waals surface area (Å²) in [6.07, 6.45) is 0.904. The van der Waals surface area contributed by atoms with Crippen LogP contribution < -0.4 is 11.1 Å². The van der Waals surface area contributed by atoms with Gasteiger partial charge in [0.2, 0.25) is 0 Å². The minimum atomic E-state index is 0. The first-order valence-corrected chi connectivity index (χ1v) is 3.99. The smallest absolute Gasteiger partial charge is 0.114 e. The van der Waals surface area contributed by atoms with Crippen molar-refractivity contribution in [3.05, 3.63) is 0 Å². The molecule has 1 atom stereocenters. The predicted octanol–water partition coefficient (Wildman–Crippen LogP) is 0.543. The fourth-order valence-corrected chi connectivity index (χ4v) is 1.04. The van der Waals surface area contributed by atoms with Gasteiger partial charge in [-0.1, -0.05) is 5.16 Å². The Labute approximate surface area is 91.1 Å². The summed E-state index contributed by atoms with van der Waals surface area (Å²) in [4.78, 5) is 4.92. The van der Waals surface area contributed by atoms with Crippen molar-refractivity contribution in [2.24, 2.45) is 10.9 Å². The predicted molar refractivity (Wildman–Crippen MR) is 59.0 cm³/mol. The molecule has 0 spiro atoms. The average Bonchev–Trinajstić information content (AvgIpc) is 2.03. The van der Waals surface area contributed by atoms with Gasteiger partial charge in [0, 0.05) is 19.5 Å². The maximum atomic E-state index is 5.75. The van der Waals surface area contributed by atoms with Crippen LogP contribution in [0.15, 0.2) is 5.16 Å². The number of piperidine rings is 1. The van der Waals surface area contributed by atoms with Crippen molar-refractivity contribution in [3.8, 4) is 0 Å². The summed E-state index contributed by atoms with van der Waals surface area (Å²) < 4.78 is 0. The lowest BCUT2D eigenvalue weighted by Gasteiger charge is -2.20. The lowest BCUT2D eigenvalue weighted by atomic mass is 10.1. The SMILES string of the molecule is CCON=C1CCNCC1N.Cl.Cl. The van der Waals surface area contributed by atoms with E-state index in [1.807, 2.05) is 6.92 Å². The number of halogens is 2. The highest BCUT2D eigenvalue weighted by atomic mass is 35.5. The standard InChI is InChI=1S/C7H15N3O.2ClH/c1-2-11-10-7-3-4-9-5-6(7)8;;/h6,9H,2-5,8H2,1H3;2*1H. The van der Waals surface area contributed by atoms with E-state index in [-0.39, 0.29) is 30.9 Å². The Balaban J connectivity index is 0. The third-order valence-corrected chi connectivity index (χ3v) is 1.66. The van der Waals surface area contributed by atoms with Gasteiger partial charge in [-0.2, -0.15) is 0 Å². The molecule has 4 nitrogen and oxygen atoms in total. The molecule has 1 heterocycles. The molecule has 6 heteroatoms. The summed E-state index contributed by atoms with van der Waals surface area (Å²) in [5, 5.41) is 7.11. The number of nitrogens with one attached hydrogen (secondary N) is 1. The topological polar surface area (TPSA) is 59.6 Å². The number of oxime groups is 1. The molecule has 0 amide bonds. The normalized spacial score (nSPS) is 24.5. The van der Waals surface area contributed by atoms with Crippen LogP contribution in [0.2, 0.25) is 0 Å². The van der Waals surface area contributed by atoms with Crippen molar-refractivity contribution in [2.75, 3.05) is 19.7 Å². The van der Waals surface area contributed by atoms with Gasteiger partial charge < -0.3 is 15.9 Å². The van der Waals surface area contributed by atoms with Crippen LogP contribution in [-0.2, 0) is 4.84 Å². The summed E-state index contributed by atoms with van der Waals surface area (Å²) in [6, 6.07) is 0.0373. The molecule has 0 aromatic carbocycles. The second-order valence-electron chi connectivity index (χ2n) is 2.56. The maximum absolute atomic E-state index is 5.75. The molecule has 1 saturated heterocycles. The zero-order chi connectivity index (χ0) is 8.10. The van der Waals surface area contributed by atoms with Crippen molar-refractivity contribution in [1.29, 1.82) is 0 Å². The highest BCUT2D eigenvalue weighted by Crippen LogP contribution is 1.97. The monoisotopic (exact) mass is 229 g/mol. The first-order valence-electron chi connectivity index (χ1n) is 3.99. The van der Waals surface area contributed by atoms with Gasteiger partial charge in [0.25, 0.3) is 0 Å². The molecular formula is C7H17Cl2N3O. The van der Waals surface area contributed by atoms with Crippen LogP contribution >= 0.6 is 24.8 Å². The Morgan fingerprint density at radius 1 is 1.62 bits per heavy atom. The van der Waals surface area contributed by atoms with Gasteiger partial charge in [-0.3, -0.25) is 0 Å². The highest BCUT2D eigenvalue weighted by Gasteiger charge is 2.15. The summed E-state index contributed by atoms with van der Waals surface area (Å²) in [7, 11) is 0. The van der Waals surface area contributed by atoms with Crippen molar-refractivity contribution in [3.63, 3.8) is 0 Å². The molecule has 13 heavy (non-hydrogen) atoms. The van der Waals surface area contributed by atoms with E-state index in [2.05, 4.69) is 10.5 Å². The number of hydrogen-bond donors (Lipinski definition) is 2. The van der Waals surface area contributed by atoms with E-state index in [1.54, 1.807) is 0 Å². The van der Waals surface area contributed by atoms with Crippen LogP contribution in [0, 0.1) is 0 Å². The number of rotatable bonds is 2. The second-order valence-corrected chi connectivity index (χ2v) is 2.56. The Kier molecular flexibility index (Phi) is 10.2. The van der Waals surface area contributed by atoms with E-state index in [9.17, 15) is 0 Å². The second kappa shape index (κ2) is 8.56. The molecule has 0 aromatic rings. The Morgan fingerprint density at radius 3 is 2.85 bits per heavy atom. The molecule has 0 saturated carbocycles. The number of hydrogen-bond acceptors (Lipinski definition) is 4. The molecular weight excluding hydrogens is 213 g/mol. The van der Waals surface area contributed by atoms with Crippen LogP contribution in [0.4, 0.5) is 0 Å². The van der Waals surface area contributed by atoms with Gasteiger partial charge >= 0.3 is 0 Å². The fraction of sp³-hybridized carbons (Fsp3) is 0.857. The quantitative estimate of drug-likeness (QED) is 0.681. The minimum absolute atomic E-state index is 0.